The van der Waals surface area contributed by atoms with E-state index in [0.717, 1.165) is 0 Å². The number of halogens is 1. The molecule has 2 aromatic carbocycles. The maximum absolute atomic E-state index is 11.9. The molecule has 0 radical (unpaired) electrons. The fourth-order valence-corrected chi connectivity index (χ4v) is 2.02. The number of methoxy groups -OCH3 is 1. The normalized spacial score (nSPS) is 11.7. The second kappa shape index (κ2) is 6.99. The van der Waals surface area contributed by atoms with Gasteiger partial charge in [0.1, 0.15) is 24.0 Å². The molecule has 0 aromatic heterocycles. The number of rotatable bonds is 5. The first kappa shape index (κ1) is 15.2. The predicted molar refractivity (Wildman–Crippen MR) is 79.8 cm³/mol. The van der Waals surface area contributed by atoms with Crippen LogP contribution in [-0.4, -0.2) is 24.8 Å². The minimum atomic E-state index is -0.613. The van der Waals surface area contributed by atoms with Crippen molar-refractivity contribution in [2.75, 3.05) is 13.7 Å². The second-order valence-electron chi connectivity index (χ2n) is 4.44. The molecule has 0 aliphatic carbocycles. The average molecular weight is 307 g/mol. The number of esters is 1. The Labute approximate surface area is 127 Å². The number of phenolic OH excluding ortho intramolecular Hbond substituents is 1. The Bertz CT molecular complexity index is 610. The zero-order valence-electron chi connectivity index (χ0n) is 11.5. The van der Waals surface area contributed by atoms with Crippen LogP contribution in [0, 0.1) is 0 Å². The molecule has 1 atom stereocenters. The van der Waals surface area contributed by atoms with E-state index in [0.29, 0.717) is 16.3 Å². The standard InChI is InChI=1S/C16H15ClO4/c1-20-16(19)15(11-3-2-4-13(18)9-11)10-21-14-7-5-12(17)6-8-14/h2-9,15,18H,10H2,1H3. The van der Waals surface area contributed by atoms with Crippen LogP contribution in [0.15, 0.2) is 48.5 Å². The lowest BCUT2D eigenvalue weighted by Crippen LogP contribution is -2.21. The zero-order chi connectivity index (χ0) is 15.2. The van der Waals surface area contributed by atoms with Crippen molar-refractivity contribution in [1.82, 2.24) is 0 Å². The monoisotopic (exact) mass is 306 g/mol. The van der Waals surface area contributed by atoms with Crippen molar-refractivity contribution < 1.29 is 19.4 Å². The molecule has 110 valence electrons. The number of ether oxygens (including phenoxy) is 2. The molecule has 0 heterocycles. The summed E-state index contributed by atoms with van der Waals surface area (Å²) in [4.78, 5) is 11.9. The molecule has 4 nitrogen and oxygen atoms in total. The van der Waals surface area contributed by atoms with Gasteiger partial charge in [0.15, 0.2) is 0 Å². The van der Waals surface area contributed by atoms with Crippen molar-refractivity contribution >= 4 is 17.6 Å². The Hall–Kier alpha value is -2.20. The van der Waals surface area contributed by atoms with Gasteiger partial charge < -0.3 is 14.6 Å². The summed E-state index contributed by atoms with van der Waals surface area (Å²) in [7, 11) is 1.32. The van der Waals surface area contributed by atoms with E-state index in [1.807, 2.05) is 0 Å². The van der Waals surface area contributed by atoms with Crippen molar-refractivity contribution in [2.45, 2.75) is 5.92 Å². The van der Waals surface area contributed by atoms with Crippen molar-refractivity contribution in [2.24, 2.45) is 0 Å². The van der Waals surface area contributed by atoms with Gasteiger partial charge in [-0.3, -0.25) is 4.79 Å². The molecule has 2 rings (SSSR count). The topological polar surface area (TPSA) is 55.8 Å². The third kappa shape index (κ3) is 4.13. The van der Waals surface area contributed by atoms with Gasteiger partial charge in [0, 0.05) is 5.02 Å². The summed E-state index contributed by atoms with van der Waals surface area (Å²) in [5.74, 6) is -0.339. The van der Waals surface area contributed by atoms with Crippen molar-refractivity contribution in [1.29, 1.82) is 0 Å². The van der Waals surface area contributed by atoms with Gasteiger partial charge in [-0.15, -0.1) is 0 Å². The molecule has 2 aromatic rings. The highest BCUT2D eigenvalue weighted by atomic mass is 35.5. The molecule has 0 aliphatic rings. The molecule has 1 unspecified atom stereocenters. The van der Waals surface area contributed by atoms with Crippen LogP contribution in [0.1, 0.15) is 11.5 Å². The zero-order valence-corrected chi connectivity index (χ0v) is 12.2. The third-order valence-corrected chi connectivity index (χ3v) is 3.24. The lowest BCUT2D eigenvalue weighted by Gasteiger charge is -2.16. The highest BCUT2D eigenvalue weighted by Crippen LogP contribution is 2.23. The first-order chi connectivity index (χ1) is 10.1. The first-order valence-corrected chi connectivity index (χ1v) is 6.73. The number of benzene rings is 2. The van der Waals surface area contributed by atoms with Gasteiger partial charge in [0.05, 0.1) is 7.11 Å². The Morgan fingerprint density at radius 2 is 1.95 bits per heavy atom. The number of carbonyl (C=O) groups excluding carboxylic acids is 1. The smallest absolute Gasteiger partial charge is 0.316 e. The van der Waals surface area contributed by atoms with Crippen molar-refractivity contribution in [3.8, 4) is 11.5 Å². The van der Waals surface area contributed by atoms with E-state index in [1.54, 1.807) is 36.4 Å². The fraction of sp³-hybridized carbons (Fsp3) is 0.188. The Morgan fingerprint density at radius 1 is 1.24 bits per heavy atom. The van der Waals surface area contributed by atoms with E-state index >= 15 is 0 Å². The van der Waals surface area contributed by atoms with Gasteiger partial charge in [-0.1, -0.05) is 23.7 Å². The molecule has 0 fully saturated rings. The number of hydrogen-bond donors (Lipinski definition) is 1. The molecule has 0 saturated heterocycles. The largest absolute Gasteiger partial charge is 0.508 e. The first-order valence-electron chi connectivity index (χ1n) is 6.35. The molecule has 0 saturated carbocycles. The summed E-state index contributed by atoms with van der Waals surface area (Å²) in [6.45, 7) is 0.109. The second-order valence-corrected chi connectivity index (χ2v) is 4.87. The molecular weight excluding hydrogens is 292 g/mol. The van der Waals surface area contributed by atoms with Gasteiger partial charge in [0.2, 0.25) is 0 Å². The van der Waals surface area contributed by atoms with Gasteiger partial charge in [-0.05, 0) is 42.0 Å². The summed E-state index contributed by atoms with van der Waals surface area (Å²) >= 11 is 5.80. The Morgan fingerprint density at radius 3 is 2.57 bits per heavy atom. The number of carbonyl (C=O) groups is 1. The van der Waals surface area contributed by atoms with Crippen molar-refractivity contribution in [3.05, 3.63) is 59.1 Å². The van der Waals surface area contributed by atoms with Crippen LogP contribution in [0.3, 0.4) is 0 Å². The lowest BCUT2D eigenvalue weighted by atomic mass is 10.00. The number of phenols is 1. The maximum atomic E-state index is 11.9. The molecule has 0 aliphatic heterocycles. The van der Waals surface area contributed by atoms with Gasteiger partial charge >= 0.3 is 5.97 Å². The number of aromatic hydroxyl groups is 1. The third-order valence-electron chi connectivity index (χ3n) is 2.99. The Kier molecular flexibility index (Phi) is 5.06. The number of hydrogen-bond acceptors (Lipinski definition) is 4. The van der Waals surface area contributed by atoms with E-state index in [9.17, 15) is 9.90 Å². The van der Waals surface area contributed by atoms with Crippen LogP contribution in [0.2, 0.25) is 5.02 Å². The van der Waals surface area contributed by atoms with E-state index in [-0.39, 0.29) is 12.4 Å². The van der Waals surface area contributed by atoms with Gasteiger partial charge in [-0.25, -0.2) is 0 Å². The summed E-state index contributed by atoms with van der Waals surface area (Å²) in [5, 5.41) is 10.1. The SMILES string of the molecule is COC(=O)C(COc1ccc(Cl)cc1)c1cccc(O)c1. The van der Waals surface area contributed by atoms with Crippen LogP contribution >= 0.6 is 11.6 Å². The van der Waals surface area contributed by atoms with E-state index in [4.69, 9.17) is 21.1 Å². The van der Waals surface area contributed by atoms with Crippen molar-refractivity contribution in [3.63, 3.8) is 0 Å². The van der Waals surface area contributed by atoms with E-state index in [1.165, 1.54) is 19.2 Å². The van der Waals surface area contributed by atoms with Crippen LogP contribution in [-0.2, 0) is 9.53 Å². The van der Waals surface area contributed by atoms with Crippen LogP contribution in [0.4, 0.5) is 0 Å². The molecule has 0 spiro atoms. The summed E-state index contributed by atoms with van der Waals surface area (Å²) in [5.41, 5.74) is 0.635. The summed E-state index contributed by atoms with van der Waals surface area (Å²) in [6, 6.07) is 13.3. The van der Waals surface area contributed by atoms with Crippen LogP contribution in [0.5, 0.6) is 11.5 Å². The molecule has 1 N–H and O–H groups in total. The minimum Gasteiger partial charge on any atom is -0.508 e. The highest BCUT2D eigenvalue weighted by molar-refractivity contribution is 6.30. The minimum absolute atomic E-state index is 0.0906. The summed E-state index contributed by atoms with van der Waals surface area (Å²) < 4.78 is 10.4. The lowest BCUT2D eigenvalue weighted by molar-refractivity contribution is -0.143. The predicted octanol–water partition coefficient (Wildman–Crippen LogP) is 3.38. The molecular formula is C16H15ClO4. The molecule has 0 amide bonds. The molecule has 0 bridgehead atoms. The Balaban J connectivity index is 2.13. The maximum Gasteiger partial charge on any atom is 0.316 e. The van der Waals surface area contributed by atoms with E-state index in [2.05, 4.69) is 0 Å². The molecule has 5 heteroatoms. The van der Waals surface area contributed by atoms with Crippen LogP contribution < -0.4 is 4.74 Å². The van der Waals surface area contributed by atoms with Gasteiger partial charge in [-0.2, -0.15) is 0 Å². The van der Waals surface area contributed by atoms with E-state index < -0.39 is 11.9 Å². The summed E-state index contributed by atoms with van der Waals surface area (Å²) in [6.07, 6.45) is 0. The highest BCUT2D eigenvalue weighted by Gasteiger charge is 2.22. The molecule has 21 heavy (non-hydrogen) atoms. The van der Waals surface area contributed by atoms with Crippen LogP contribution in [0.25, 0.3) is 0 Å². The fourth-order valence-electron chi connectivity index (χ4n) is 1.89. The van der Waals surface area contributed by atoms with Gasteiger partial charge in [0.25, 0.3) is 0 Å². The quantitative estimate of drug-likeness (QED) is 0.860. The average Bonchev–Trinajstić information content (AvgIpc) is 2.49.